The monoisotopic (exact) mass is 215 g/mol. The van der Waals surface area contributed by atoms with Crippen LogP contribution in [0.4, 0.5) is 0 Å². The molecule has 0 aliphatic carbocycles. The molecule has 0 spiro atoms. The molecule has 0 N–H and O–H groups in total. The number of ether oxygens (including phenoxy) is 1. The van der Waals surface area contributed by atoms with Gasteiger partial charge >= 0.3 is 0 Å². The van der Waals surface area contributed by atoms with Crippen LogP contribution in [0.3, 0.4) is 0 Å². The Morgan fingerprint density at radius 3 is 2.33 bits per heavy atom. The van der Waals surface area contributed by atoms with Crippen molar-refractivity contribution in [3.05, 3.63) is 0 Å². The van der Waals surface area contributed by atoms with Crippen molar-refractivity contribution in [2.45, 2.75) is 34.1 Å². The lowest BCUT2D eigenvalue weighted by Gasteiger charge is -2.25. The van der Waals surface area contributed by atoms with Crippen LogP contribution in [-0.2, 0) is 9.53 Å². The first-order valence-electron chi connectivity index (χ1n) is 5.77. The summed E-state index contributed by atoms with van der Waals surface area (Å²) in [7, 11) is 1.70. The SMILES string of the molecule is CCN(CC(C)COC)C(=O)CC(C)C. The van der Waals surface area contributed by atoms with Crippen LogP contribution in [0.2, 0.25) is 0 Å². The van der Waals surface area contributed by atoms with Crippen LogP contribution in [0.5, 0.6) is 0 Å². The van der Waals surface area contributed by atoms with Crippen LogP contribution >= 0.6 is 0 Å². The molecule has 0 saturated carbocycles. The van der Waals surface area contributed by atoms with Gasteiger partial charge in [0.05, 0.1) is 6.61 Å². The molecule has 1 unspecified atom stereocenters. The fraction of sp³-hybridized carbons (Fsp3) is 0.917. The third kappa shape index (κ3) is 6.50. The minimum atomic E-state index is 0.260. The second kappa shape index (κ2) is 7.69. The van der Waals surface area contributed by atoms with E-state index in [1.54, 1.807) is 7.11 Å². The summed E-state index contributed by atoms with van der Waals surface area (Å²) in [6.45, 7) is 10.6. The van der Waals surface area contributed by atoms with Crippen molar-refractivity contribution in [2.24, 2.45) is 11.8 Å². The topological polar surface area (TPSA) is 29.5 Å². The first kappa shape index (κ1) is 14.4. The third-order valence-corrected chi connectivity index (χ3v) is 2.30. The zero-order valence-electron chi connectivity index (χ0n) is 10.7. The third-order valence-electron chi connectivity index (χ3n) is 2.30. The van der Waals surface area contributed by atoms with Crippen molar-refractivity contribution in [2.75, 3.05) is 26.8 Å². The van der Waals surface area contributed by atoms with Crippen molar-refractivity contribution < 1.29 is 9.53 Å². The van der Waals surface area contributed by atoms with Gasteiger partial charge in [0.15, 0.2) is 0 Å². The van der Waals surface area contributed by atoms with Crippen LogP contribution in [0, 0.1) is 11.8 Å². The van der Waals surface area contributed by atoms with Gasteiger partial charge in [-0.1, -0.05) is 20.8 Å². The van der Waals surface area contributed by atoms with E-state index in [-0.39, 0.29) is 5.91 Å². The van der Waals surface area contributed by atoms with E-state index in [1.807, 2.05) is 11.8 Å². The molecule has 0 saturated heterocycles. The van der Waals surface area contributed by atoms with Gasteiger partial charge in [-0.3, -0.25) is 4.79 Å². The Labute approximate surface area is 93.8 Å². The second-order valence-electron chi connectivity index (χ2n) is 4.59. The summed E-state index contributed by atoms with van der Waals surface area (Å²) in [5.74, 6) is 1.10. The standard InChI is InChI=1S/C12H25NO2/c1-6-13(8-11(4)9-15-5)12(14)7-10(2)3/h10-11H,6-9H2,1-5H3. The maximum Gasteiger partial charge on any atom is 0.222 e. The molecule has 0 aliphatic rings. The van der Waals surface area contributed by atoms with Crippen molar-refractivity contribution in [3.63, 3.8) is 0 Å². The van der Waals surface area contributed by atoms with Gasteiger partial charge in [0, 0.05) is 26.6 Å². The maximum atomic E-state index is 11.8. The van der Waals surface area contributed by atoms with Gasteiger partial charge in [-0.25, -0.2) is 0 Å². The molecule has 1 atom stereocenters. The lowest BCUT2D eigenvalue weighted by atomic mass is 10.1. The highest BCUT2D eigenvalue weighted by Crippen LogP contribution is 2.07. The summed E-state index contributed by atoms with van der Waals surface area (Å²) in [5, 5.41) is 0. The fourth-order valence-electron chi connectivity index (χ4n) is 1.60. The number of hydrogen-bond acceptors (Lipinski definition) is 2. The van der Waals surface area contributed by atoms with E-state index in [9.17, 15) is 4.79 Å². The van der Waals surface area contributed by atoms with Gasteiger partial charge in [-0.2, -0.15) is 0 Å². The van der Waals surface area contributed by atoms with Gasteiger partial charge in [0.25, 0.3) is 0 Å². The summed E-state index contributed by atoms with van der Waals surface area (Å²) in [4.78, 5) is 13.7. The normalized spacial score (nSPS) is 12.9. The molecule has 0 aliphatic heterocycles. The summed E-state index contributed by atoms with van der Waals surface area (Å²) in [5.41, 5.74) is 0. The summed E-state index contributed by atoms with van der Waals surface area (Å²) in [6.07, 6.45) is 0.646. The van der Waals surface area contributed by atoms with Crippen LogP contribution in [0.25, 0.3) is 0 Å². The van der Waals surface area contributed by atoms with Crippen molar-refractivity contribution in [1.29, 1.82) is 0 Å². The van der Waals surface area contributed by atoms with Crippen LogP contribution < -0.4 is 0 Å². The molecule has 0 heterocycles. The molecule has 90 valence electrons. The Morgan fingerprint density at radius 2 is 1.93 bits per heavy atom. The van der Waals surface area contributed by atoms with E-state index in [1.165, 1.54) is 0 Å². The predicted octanol–water partition coefficient (Wildman–Crippen LogP) is 2.16. The highest BCUT2D eigenvalue weighted by molar-refractivity contribution is 5.76. The van der Waals surface area contributed by atoms with Gasteiger partial charge in [0.2, 0.25) is 5.91 Å². The average molecular weight is 215 g/mol. The van der Waals surface area contributed by atoms with Gasteiger partial charge in [0.1, 0.15) is 0 Å². The molecule has 1 amide bonds. The Hall–Kier alpha value is -0.570. The summed E-state index contributed by atoms with van der Waals surface area (Å²) in [6, 6.07) is 0. The molecule has 0 aromatic heterocycles. The lowest BCUT2D eigenvalue weighted by Crippen LogP contribution is -2.36. The molecule has 0 bridgehead atoms. The Bertz CT molecular complexity index is 180. The van der Waals surface area contributed by atoms with Gasteiger partial charge < -0.3 is 9.64 Å². The summed E-state index contributed by atoms with van der Waals surface area (Å²) >= 11 is 0. The zero-order valence-corrected chi connectivity index (χ0v) is 10.7. The Kier molecular flexibility index (Phi) is 7.39. The molecule has 15 heavy (non-hydrogen) atoms. The maximum absolute atomic E-state index is 11.8. The second-order valence-corrected chi connectivity index (χ2v) is 4.59. The predicted molar refractivity (Wildman–Crippen MR) is 62.7 cm³/mol. The number of nitrogens with zero attached hydrogens (tertiary/aromatic N) is 1. The number of carbonyl (C=O) groups is 1. The van der Waals surface area contributed by atoms with Crippen LogP contribution in [-0.4, -0.2) is 37.6 Å². The van der Waals surface area contributed by atoms with E-state index in [0.717, 1.165) is 13.1 Å². The number of amides is 1. The first-order chi connectivity index (χ1) is 7.01. The van der Waals surface area contributed by atoms with Crippen LogP contribution in [0.1, 0.15) is 34.1 Å². The first-order valence-corrected chi connectivity index (χ1v) is 5.77. The highest BCUT2D eigenvalue weighted by Gasteiger charge is 2.15. The number of hydrogen-bond donors (Lipinski definition) is 0. The number of carbonyl (C=O) groups excluding carboxylic acids is 1. The van der Waals surface area contributed by atoms with Crippen molar-refractivity contribution in [3.8, 4) is 0 Å². The Balaban J connectivity index is 4.05. The highest BCUT2D eigenvalue weighted by atomic mass is 16.5. The van der Waals surface area contributed by atoms with Crippen LogP contribution in [0.15, 0.2) is 0 Å². The van der Waals surface area contributed by atoms with E-state index in [4.69, 9.17) is 4.74 Å². The molecule has 0 aromatic rings. The molecular formula is C12H25NO2. The average Bonchev–Trinajstić information content (AvgIpc) is 2.13. The Morgan fingerprint density at radius 1 is 1.33 bits per heavy atom. The fourth-order valence-corrected chi connectivity index (χ4v) is 1.60. The number of rotatable bonds is 7. The van der Waals surface area contributed by atoms with Gasteiger partial charge in [-0.05, 0) is 18.8 Å². The number of methoxy groups -OCH3 is 1. The van der Waals surface area contributed by atoms with E-state index < -0.39 is 0 Å². The molecule has 0 radical (unpaired) electrons. The zero-order chi connectivity index (χ0) is 11.8. The molecule has 0 aromatic carbocycles. The molecule has 0 fully saturated rings. The minimum absolute atomic E-state index is 0.260. The summed E-state index contributed by atoms with van der Waals surface area (Å²) < 4.78 is 5.07. The largest absolute Gasteiger partial charge is 0.384 e. The van der Waals surface area contributed by atoms with Crippen molar-refractivity contribution >= 4 is 5.91 Å². The molecule has 3 nitrogen and oxygen atoms in total. The van der Waals surface area contributed by atoms with E-state index in [2.05, 4.69) is 20.8 Å². The quantitative estimate of drug-likeness (QED) is 0.651. The van der Waals surface area contributed by atoms with E-state index >= 15 is 0 Å². The molecule has 0 rings (SSSR count). The van der Waals surface area contributed by atoms with Crippen molar-refractivity contribution in [1.82, 2.24) is 4.90 Å². The molecule has 3 heteroatoms. The molecular weight excluding hydrogens is 190 g/mol. The lowest BCUT2D eigenvalue weighted by molar-refractivity contribution is -0.132. The smallest absolute Gasteiger partial charge is 0.222 e. The van der Waals surface area contributed by atoms with Gasteiger partial charge in [-0.15, -0.1) is 0 Å². The minimum Gasteiger partial charge on any atom is -0.384 e. The van der Waals surface area contributed by atoms with E-state index in [0.29, 0.717) is 24.9 Å².